The molecule has 1 aromatic carbocycles. The van der Waals surface area contributed by atoms with Gasteiger partial charge in [-0.15, -0.1) is 0 Å². The van der Waals surface area contributed by atoms with E-state index in [2.05, 4.69) is 0 Å². The zero-order valence-electron chi connectivity index (χ0n) is 8.32. The Labute approximate surface area is 101 Å². The standard InChI is InChI=1S/C9H7ClF2N2O2S/c10-17(15,16)7-2-1-5(3-13)6(4-14)8(7)9(11)12/h1-2,9H,3,13H2. The highest BCUT2D eigenvalue weighted by Gasteiger charge is 2.26. The van der Waals surface area contributed by atoms with Crippen molar-refractivity contribution in [1.29, 1.82) is 5.26 Å². The van der Waals surface area contributed by atoms with E-state index in [9.17, 15) is 17.2 Å². The lowest BCUT2D eigenvalue weighted by Gasteiger charge is -2.11. The Hall–Kier alpha value is -1.23. The minimum absolute atomic E-state index is 0.145. The Kier molecular flexibility index (Phi) is 4.03. The topological polar surface area (TPSA) is 83.9 Å². The summed E-state index contributed by atoms with van der Waals surface area (Å²) in [6, 6.07) is 3.64. The monoisotopic (exact) mass is 280 g/mol. The van der Waals surface area contributed by atoms with Gasteiger partial charge < -0.3 is 5.73 Å². The second-order valence-electron chi connectivity index (χ2n) is 3.07. The van der Waals surface area contributed by atoms with E-state index < -0.39 is 31.5 Å². The van der Waals surface area contributed by atoms with Crippen LogP contribution in [0, 0.1) is 11.3 Å². The van der Waals surface area contributed by atoms with Crippen LogP contribution in [0.2, 0.25) is 0 Å². The summed E-state index contributed by atoms with van der Waals surface area (Å²) in [7, 11) is 0.695. The molecule has 2 N–H and O–H groups in total. The van der Waals surface area contributed by atoms with Crippen LogP contribution in [0.5, 0.6) is 0 Å². The summed E-state index contributed by atoms with van der Waals surface area (Å²) in [5, 5.41) is 8.79. The summed E-state index contributed by atoms with van der Waals surface area (Å²) in [5.41, 5.74) is 4.08. The van der Waals surface area contributed by atoms with Crippen LogP contribution in [0.1, 0.15) is 23.1 Å². The quantitative estimate of drug-likeness (QED) is 0.857. The number of halogens is 3. The molecule has 0 aliphatic carbocycles. The van der Waals surface area contributed by atoms with E-state index in [-0.39, 0.29) is 12.1 Å². The molecule has 0 saturated heterocycles. The maximum absolute atomic E-state index is 12.8. The zero-order valence-corrected chi connectivity index (χ0v) is 9.89. The van der Waals surface area contributed by atoms with Gasteiger partial charge in [0, 0.05) is 17.2 Å². The van der Waals surface area contributed by atoms with Crippen LogP contribution in [-0.2, 0) is 15.6 Å². The van der Waals surface area contributed by atoms with Crippen molar-refractivity contribution in [2.45, 2.75) is 17.9 Å². The third-order valence-electron chi connectivity index (χ3n) is 2.10. The Morgan fingerprint density at radius 3 is 2.41 bits per heavy atom. The van der Waals surface area contributed by atoms with Gasteiger partial charge in [-0.05, 0) is 11.6 Å². The summed E-state index contributed by atoms with van der Waals surface area (Å²) in [6.45, 7) is -0.148. The van der Waals surface area contributed by atoms with E-state index in [1.807, 2.05) is 0 Å². The lowest BCUT2D eigenvalue weighted by atomic mass is 10.0. The Balaban J connectivity index is 3.74. The van der Waals surface area contributed by atoms with Gasteiger partial charge in [0.2, 0.25) is 0 Å². The molecule has 0 aliphatic rings. The maximum atomic E-state index is 12.8. The number of benzene rings is 1. The predicted molar refractivity (Wildman–Crippen MR) is 57.0 cm³/mol. The average Bonchev–Trinajstić information content (AvgIpc) is 2.25. The van der Waals surface area contributed by atoms with Crippen LogP contribution < -0.4 is 5.73 Å². The molecule has 0 saturated carbocycles. The fourth-order valence-corrected chi connectivity index (χ4v) is 2.47. The molecule has 0 unspecified atom stereocenters. The molecule has 0 spiro atoms. The van der Waals surface area contributed by atoms with Crippen molar-refractivity contribution in [3.63, 3.8) is 0 Å². The average molecular weight is 281 g/mol. The van der Waals surface area contributed by atoms with E-state index in [1.54, 1.807) is 0 Å². The molecule has 0 heterocycles. The number of hydrogen-bond acceptors (Lipinski definition) is 4. The van der Waals surface area contributed by atoms with Crippen LogP contribution in [0.25, 0.3) is 0 Å². The third kappa shape index (κ3) is 2.72. The van der Waals surface area contributed by atoms with Crippen molar-refractivity contribution in [3.05, 3.63) is 28.8 Å². The van der Waals surface area contributed by atoms with E-state index in [0.29, 0.717) is 0 Å². The molecule has 0 aliphatic heterocycles. The molecular formula is C9H7ClF2N2O2S. The smallest absolute Gasteiger partial charge is 0.266 e. The van der Waals surface area contributed by atoms with Gasteiger partial charge in [0.05, 0.1) is 16.0 Å². The van der Waals surface area contributed by atoms with Gasteiger partial charge in [-0.1, -0.05) is 6.07 Å². The minimum Gasteiger partial charge on any atom is -0.326 e. The van der Waals surface area contributed by atoms with Gasteiger partial charge in [0.25, 0.3) is 15.5 Å². The zero-order chi connectivity index (χ0) is 13.2. The second kappa shape index (κ2) is 4.96. The molecule has 0 bridgehead atoms. The molecule has 4 nitrogen and oxygen atoms in total. The summed E-state index contributed by atoms with van der Waals surface area (Å²) in [5.74, 6) is 0. The molecule has 1 aromatic rings. The largest absolute Gasteiger partial charge is 0.326 e. The molecule has 92 valence electrons. The summed E-state index contributed by atoms with van der Waals surface area (Å²) >= 11 is 0. The van der Waals surface area contributed by atoms with E-state index in [4.69, 9.17) is 21.7 Å². The minimum atomic E-state index is -4.34. The van der Waals surface area contributed by atoms with Gasteiger partial charge in [-0.3, -0.25) is 0 Å². The summed E-state index contributed by atoms with van der Waals surface area (Å²) in [6.07, 6.45) is -3.13. The van der Waals surface area contributed by atoms with Crippen LogP contribution in [0.15, 0.2) is 17.0 Å². The first-order chi connectivity index (χ1) is 7.82. The maximum Gasteiger partial charge on any atom is 0.266 e. The van der Waals surface area contributed by atoms with Crippen LogP contribution in [0.3, 0.4) is 0 Å². The van der Waals surface area contributed by atoms with Crippen molar-refractivity contribution < 1.29 is 17.2 Å². The van der Waals surface area contributed by atoms with Gasteiger partial charge in [0.15, 0.2) is 0 Å². The number of alkyl halides is 2. The summed E-state index contributed by atoms with van der Waals surface area (Å²) in [4.78, 5) is -0.761. The van der Waals surface area contributed by atoms with Crippen molar-refractivity contribution in [1.82, 2.24) is 0 Å². The van der Waals surface area contributed by atoms with Crippen molar-refractivity contribution >= 4 is 19.7 Å². The molecule has 17 heavy (non-hydrogen) atoms. The van der Waals surface area contributed by atoms with Crippen LogP contribution >= 0.6 is 10.7 Å². The number of rotatable bonds is 3. The predicted octanol–water partition coefficient (Wildman–Crippen LogP) is 1.88. The Morgan fingerprint density at radius 1 is 1.47 bits per heavy atom. The van der Waals surface area contributed by atoms with E-state index >= 15 is 0 Å². The molecular weight excluding hydrogens is 274 g/mol. The molecule has 0 radical (unpaired) electrons. The number of nitriles is 1. The van der Waals surface area contributed by atoms with Gasteiger partial charge in [-0.2, -0.15) is 5.26 Å². The lowest BCUT2D eigenvalue weighted by molar-refractivity contribution is 0.147. The van der Waals surface area contributed by atoms with Crippen molar-refractivity contribution in [3.8, 4) is 6.07 Å². The van der Waals surface area contributed by atoms with Crippen LogP contribution in [-0.4, -0.2) is 8.42 Å². The highest BCUT2D eigenvalue weighted by Crippen LogP contribution is 2.33. The molecule has 0 amide bonds. The van der Waals surface area contributed by atoms with Crippen molar-refractivity contribution in [2.75, 3.05) is 0 Å². The molecule has 1 rings (SSSR count). The first-order valence-corrected chi connectivity index (χ1v) is 6.62. The van der Waals surface area contributed by atoms with Crippen molar-refractivity contribution in [2.24, 2.45) is 5.73 Å². The Bertz CT molecular complexity index is 581. The lowest BCUT2D eigenvalue weighted by Crippen LogP contribution is -2.07. The highest BCUT2D eigenvalue weighted by atomic mass is 35.7. The number of nitrogens with zero attached hydrogens (tertiary/aromatic N) is 1. The van der Waals surface area contributed by atoms with Gasteiger partial charge >= 0.3 is 0 Å². The van der Waals surface area contributed by atoms with Gasteiger partial charge in [0.1, 0.15) is 6.07 Å². The molecule has 0 fully saturated rings. The SMILES string of the molecule is N#Cc1c(CN)ccc(S(=O)(=O)Cl)c1C(F)F. The highest BCUT2D eigenvalue weighted by molar-refractivity contribution is 8.13. The molecule has 0 atom stereocenters. The van der Waals surface area contributed by atoms with Crippen LogP contribution in [0.4, 0.5) is 8.78 Å². The fourth-order valence-electron chi connectivity index (χ4n) is 1.38. The fraction of sp³-hybridized carbons (Fsp3) is 0.222. The molecule has 0 aromatic heterocycles. The summed E-state index contributed by atoms with van der Waals surface area (Å²) < 4.78 is 47.8. The first-order valence-electron chi connectivity index (χ1n) is 4.31. The second-order valence-corrected chi connectivity index (χ2v) is 5.60. The third-order valence-corrected chi connectivity index (χ3v) is 3.48. The number of hydrogen-bond donors (Lipinski definition) is 1. The molecule has 8 heteroatoms. The van der Waals surface area contributed by atoms with E-state index in [1.165, 1.54) is 12.1 Å². The Morgan fingerprint density at radius 2 is 2.06 bits per heavy atom. The normalized spacial score (nSPS) is 11.5. The first kappa shape index (κ1) is 13.8. The van der Waals surface area contributed by atoms with E-state index in [0.717, 1.165) is 6.07 Å². The van der Waals surface area contributed by atoms with Gasteiger partial charge in [-0.25, -0.2) is 17.2 Å². The number of nitrogens with two attached hydrogens (primary N) is 1.